The fourth-order valence-electron chi connectivity index (χ4n) is 2.14. The predicted molar refractivity (Wildman–Crippen MR) is 83.5 cm³/mol. The Bertz CT molecular complexity index is 679. The van der Waals surface area contributed by atoms with Crippen molar-refractivity contribution >= 4 is 21.5 Å². The van der Waals surface area contributed by atoms with E-state index in [1.54, 1.807) is 12.4 Å². The summed E-state index contributed by atoms with van der Waals surface area (Å²) in [6.07, 6.45) is 3.28. The van der Waals surface area contributed by atoms with Crippen molar-refractivity contribution in [3.63, 3.8) is 0 Å². The molecule has 0 spiro atoms. The molecule has 0 saturated heterocycles. The third kappa shape index (κ3) is 2.81. The summed E-state index contributed by atoms with van der Waals surface area (Å²) in [4.78, 5) is 0. The third-order valence-electron chi connectivity index (χ3n) is 3.10. The number of fused-ring (bicyclic) bond motifs is 2. The molecule has 0 aliphatic heterocycles. The maximum Gasteiger partial charge on any atom is 0.0496 e. The Balaban J connectivity index is 0.000000170. The van der Waals surface area contributed by atoms with E-state index in [1.807, 2.05) is 12.1 Å². The Morgan fingerprint density at radius 2 is 0.800 bits per heavy atom. The number of hydrogen-bond donors (Lipinski definition) is 0. The van der Waals surface area contributed by atoms with Crippen molar-refractivity contribution < 1.29 is 0 Å². The van der Waals surface area contributed by atoms with Crippen LogP contribution < -0.4 is 0 Å². The topological polar surface area (TPSA) is 25.8 Å². The van der Waals surface area contributed by atoms with Crippen LogP contribution in [-0.2, 0) is 0 Å². The first-order chi connectivity index (χ1) is 9.93. The number of aromatic nitrogens is 2. The molecule has 0 aliphatic rings. The van der Waals surface area contributed by atoms with E-state index in [1.165, 1.54) is 21.5 Å². The second kappa shape index (κ2) is 5.93. The highest BCUT2D eigenvalue weighted by atomic mass is 15.1. The summed E-state index contributed by atoms with van der Waals surface area (Å²) in [6.45, 7) is 0. The van der Waals surface area contributed by atoms with Crippen LogP contribution in [0.3, 0.4) is 0 Å². The summed E-state index contributed by atoms with van der Waals surface area (Å²) < 4.78 is 0. The van der Waals surface area contributed by atoms with Gasteiger partial charge in [-0.25, -0.2) is 0 Å². The molecule has 0 bridgehead atoms. The van der Waals surface area contributed by atoms with Crippen LogP contribution in [0, 0.1) is 0 Å². The van der Waals surface area contributed by atoms with Crippen LogP contribution in [0.1, 0.15) is 0 Å². The molecule has 0 amide bonds. The molecule has 0 radical (unpaired) electrons. The summed E-state index contributed by atoms with van der Waals surface area (Å²) in [7, 11) is 0. The Morgan fingerprint density at radius 1 is 0.450 bits per heavy atom. The molecule has 0 unspecified atom stereocenters. The zero-order valence-corrected chi connectivity index (χ0v) is 11.0. The molecule has 0 saturated carbocycles. The van der Waals surface area contributed by atoms with Crippen LogP contribution >= 0.6 is 0 Å². The van der Waals surface area contributed by atoms with Crippen LogP contribution in [0.2, 0.25) is 0 Å². The van der Waals surface area contributed by atoms with Gasteiger partial charge in [0.15, 0.2) is 0 Å². The van der Waals surface area contributed by atoms with Crippen molar-refractivity contribution in [3.8, 4) is 0 Å². The van der Waals surface area contributed by atoms with Crippen molar-refractivity contribution in [1.82, 2.24) is 10.2 Å². The van der Waals surface area contributed by atoms with Crippen molar-refractivity contribution in [2.45, 2.75) is 0 Å². The molecule has 2 heteroatoms. The standard InChI is InChI=1S/C14H10.C4H4N2/c1-2-6-12-10-14-8-4-3-7-13(14)9-11(12)5-1;1-2-4-6-5-3-1/h1-10H;1-4H. The largest absolute Gasteiger partial charge is 0.159 e. The van der Waals surface area contributed by atoms with Crippen molar-refractivity contribution in [1.29, 1.82) is 0 Å². The molecular weight excluding hydrogens is 244 g/mol. The Kier molecular flexibility index (Phi) is 3.65. The fourth-order valence-corrected chi connectivity index (χ4v) is 2.14. The van der Waals surface area contributed by atoms with E-state index in [-0.39, 0.29) is 0 Å². The second-order valence-corrected chi connectivity index (χ2v) is 4.46. The molecule has 20 heavy (non-hydrogen) atoms. The average molecular weight is 258 g/mol. The van der Waals surface area contributed by atoms with E-state index >= 15 is 0 Å². The minimum absolute atomic E-state index is 1.31. The normalized spacial score (nSPS) is 10.0. The van der Waals surface area contributed by atoms with E-state index in [0.29, 0.717) is 0 Å². The van der Waals surface area contributed by atoms with Crippen LogP contribution in [0.5, 0.6) is 0 Å². The lowest BCUT2D eigenvalue weighted by atomic mass is 10.0. The van der Waals surface area contributed by atoms with E-state index in [2.05, 4.69) is 70.9 Å². The minimum Gasteiger partial charge on any atom is -0.159 e. The summed E-state index contributed by atoms with van der Waals surface area (Å²) in [5, 5.41) is 12.3. The van der Waals surface area contributed by atoms with Crippen LogP contribution in [0.25, 0.3) is 21.5 Å². The quantitative estimate of drug-likeness (QED) is 0.435. The third-order valence-corrected chi connectivity index (χ3v) is 3.10. The summed E-state index contributed by atoms with van der Waals surface area (Å²) >= 11 is 0. The number of hydrogen-bond acceptors (Lipinski definition) is 2. The van der Waals surface area contributed by atoms with E-state index in [0.717, 1.165) is 0 Å². The van der Waals surface area contributed by atoms with Gasteiger partial charge >= 0.3 is 0 Å². The Morgan fingerprint density at radius 3 is 1.05 bits per heavy atom. The van der Waals surface area contributed by atoms with Gasteiger partial charge in [0.2, 0.25) is 0 Å². The number of nitrogens with zero attached hydrogens (tertiary/aromatic N) is 2. The molecule has 4 aromatic rings. The van der Waals surface area contributed by atoms with E-state index in [4.69, 9.17) is 0 Å². The molecular formula is C18H14N2. The lowest BCUT2D eigenvalue weighted by Gasteiger charge is -2.00. The van der Waals surface area contributed by atoms with Gasteiger partial charge in [-0.3, -0.25) is 0 Å². The van der Waals surface area contributed by atoms with E-state index in [9.17, 15) is 0 Å². The second-order valence-electron chi connectivity index (χ2n) is 4.46. The highest BCUT2D eigenvalue weighted by Gasteiger charge is 1.95. The van der Waals surface area contributed by atoms with Gasteiger partial charge in [-0.05, 0) is 45.8 Å². The summed E-state index contributed by atoms with van der Waals surface area (Å²) in [6, 6.07) is 25.1. The molecule has 0 N–H and O–H groups in total. The van der Waals surface area contributed by atoms with Crippen molar-refractivity contribution in [2.24, 2.45) is 0 Å². The van der Waals surface area contributed by atoms with Crippen molar-refractivity contribution in [3.05, 3.63) is 85.2 Å². The van der Waals surface area contributed by atoms with Crippen LogP contribution in [-0.4, -0.2) is 10.2 Å². The molecule has 0 atom stereocenters. The van der Waals surface area contributed by atoms with Gasteiger partial charge in [0.1, 0.15) is 0 Å². The zero-order chi connectivity index (χ0) is 13.6. The average Bonchev–Trinajstić information content (AvgIpc) is 2.55. The number of rotatable bonds is 0. The van der Waals surface area contributed by atoms with Gasteiger partial charge in [0.05, 0.1) is 0 Å². The first-order valence-electron chi connectivity index (χ1n) is 6.53. The van der Waals surface area contributed by atoms with Gasteiger partial charge in [-0.1, -0.05) is 48.5 Å². The first-order valence-corrected chi connectivity index (χ1v) is 6.53. The highest BCUT2D eigenvalue weighted by molar-refractivity contribution is 5.98. The minimum atomic E-state index is 1.31. The summed E-state index contributed by atoms with van der Waals surface area (Å²) in [5.74, 6) is 0. The van der Waals surface area contributed by atoms with Crippen LogP contribution in [0.15, 0.2) is 85.2 Å². The van der Waals surface area contributed by atoms with E-state index < -0.39 is 0 Å². The molecule has 0 aliphatic carbocycles. The van der Waals surface area contributed by atoms with Crippen LogP contribution in [0.4, 0.5) is 0 Å². The monoisotopic (exact) mass is 258 g/mol. The highest BCUT2D eigenvalue weighted by Crippen LogP contribution is 2.21. The lowest BCUT2D eigenvalue weighted by Crippen LogP contribution is -1.74. The molecule has 96 valence electrons. The Hall–Kier alpha value is -2.74. The smallest absolute Gasteiger partial charge is 0.0496 e. The lowest BCUT2D eigenvalue weighted by molar-refractivity contribution is 1.03. The maximum atomic E-state index is 3.53. The fraction of sp³-hybridized carbons (Fsp3) is 0. The molecule has 2 nitrogen and oxygen atoms in total. The molecule has 4 rings (SSSR count). The van der Waals surface area contributed by atoms with Gasteiger partial charge < -0.3 is 0 Å². The molecule has 3 aromatic carbocycles. The summed E-state index contributed by atoms with van der Waals surface area (Å²) in [5.41, 5.74) is 0. The zero-order valence-electron chi connectivity index (χ0n) is 11.0. The van der Waals surface area contributed by atoms with Gasteiger partial charge in [-0.15, -0.1) is 0 Å². The van der Waals surface area contributed by atoms with Gasteiger partial charge in [0, 0.05) is 12.4 Å². The van der Waals surface area contributed by atoms with Crippen molar-refractivity contribution in [2.75, 3.05) is 0 Å². The first kappa shape index (κ1) is 12.3. The number of benzene rings is 3. The SMILES string of the molecule is c1ccc2cc3ccccc3cc2c1.c1ccnnc1. The predicted octanol–water partition coefficient (Wildman–Crippen LogP) is 4.47. The Labute approximate surface area is 117 Å². The maximum absolute atomic E-state index is 3.53. The van der Waals surface area contributed by atoms with Gasteiger partial charge in [0.25, 0.3) is 0 Å². The molecule has 1 aromatic heterocycles. The molecule has 1 heterocycles. The van der Waals surface area contributed by atoms with Gasteiger partial charge in [-0.2, -0.15) is 10.2 Å². The molecule has 0 fully saturated rings.